The van der Waals surface area contributed by atoms with E-state index in [-0.39, 0.29) is 5.91 Å². The Kier molecular flexibility index (Phi) is 3.29. The average Bonchev–Trinajstić information content (AvgIpc) is 3.03. The molecule has 3 rings (SSSR count). The second kappa shape index (κ2) is 5.40. The Balaban J connectivity index is 1.93. The summed E-state index contributed by atoms with van der Waals surface area (Å²) < 4.78 is 0. The van der Waals surface area contributed by atoms with Crippen molar-refractivity contribution in [3.63, 3.8) is 0 Å². The first-order valence-corrected chi connectivity index (χ1v) is 6.30. The van der Waals surface area contributed by atoms with Crippen molar-refractivity contribution < 1.29 is 4.79 Å². The molecule has 0 atom stereocenters. The standard InChI is InChI=1S/C16H13N3O/c20-16(15-10-11-17-19-15)18-14-9-5-4-8-13(14)12-6-2-1-3-7-12/h1-11H,(H,17,19)(H,18,20). The van der Waals surface area contributed by atoms with Crippen molar-refractivity contribution in [1.29, 1.82) is 0 Å². The van der Waals surface area contributed by atoms with Gasteiger partial charge < -0.3 is 5.32 Å². The summed E-state index contributed by atoms with van der Waals surface area (Å²) in [6, 6.07) is 19.3. The van der Waals surface area contributed by atoms with E-state index in [1.807, 2.05) is 54.6 Å². The molecule has 0 aliphatic heterocycles. The summed E-state index contributed by atoms with van der Waals surface area (Å²) in [6.45, 7) is 0. The molecule has 0 unspecified atom stereocenters. The molecule has 0 aliphatic carbocycles. The molecule has 1 aromatic heterocycles. The summed E-state index contributed by atoms with van der Waals surface area (Å²) in [4.78, 5) is 12.1. The molecule has 0 fully saturated rings. The molecule has 1 heterocycles. The molecular formula is C16H13N3O. The predicted octanol–water partition coefficient (Wildman–Crippen LogP) is 3.33. The van der Waals surface area contributed by atoms with Crippen LogP contribution in [0.3, 0.4) is 0 Å². The van der Waals surface area contributed by atoms with E-state index in [9.17, 15) is 4.79 Å². The lowest BCUT2D eigenvalue weighted by Crippen LogP contribution is -2.13. The fourth-order valence-corrected chi connectivity index (χ4v) is 2.03. The first-order valence-electron chi connectivity index (χ1n) is 6.30. The van der Waals surface area contributed by atoms with Gasteiger partial charge in [-0.1, -0.05) is 48.5 Å². The fraction of sp³-hybridized carbons (Fsp3) is 0. The summed E-state index contributed by atoms with van der Waals surface area (Å²) in [5.41, 5.74) is 3.26. The molecule has 0 spiro atoms. The minimum Gasteiger partial charge on any atom is -0.320 e. The molecule has 98 valence electrons. The molecule has 2 N–H and O–H groups in total. The number of anilines is 1. The number of aromatic amines is 1. The van der Waals surface area contributed by atoms with Crippen molar-refractivity contribution in [2.45, 2.75) is 0 Å². The van der Waals surface area contributed by atoms with Gasteiger partial charge >= 0.3 is 0 Å². The lowest BCUT2D eigenvalue weighted by atomic mass is 10.0. The van der Waals surface area contributed by atoms with E-state index in [0.717, 1.165) is 16.8 Å². The Labute approximate surface area is 116 Å². The average molecular weight is 263 g/mol. The van der Waals surface area contributed by atoms with Crippen molar-refractivity contribution >= 4 is 11.6 Å². The molecular weight excluding hydrogens is 250 g/mol. The molecule has 0 saturated carbocycles. The molecule has 0 bridgehead atoms. The Hall–Kier alpha value is -2.88. The van der Waals surface area contributed by atoms with Gasteiger partial charge in [0.05, 0.1) is 0 Å². The molecule has 2 aromatic carbocycles. The van der Waals surface area contributed by atoms with Crippen LogP contribution in [0.25, 0.3) is 11.1 Å². The number of aromatic nitrogens is 2. The number of benzene rings is 2. The SMILES string of the molecule is O=C(Nc1ccccc1-c1ccccc1)c1ccn[nH]1. The van der Waals surface area contributed by atoms with Gasteiger partial charge in [0.1, 0.15) is 5.69 Å². The maximum atomic E-state index is 12.1. The Morgan fingerprint density at radius 2 is 1.70 bits per heavy atom. The number of H-pyrrole nitrogens is 1. The number of hydrogen-bond acceptors (Lipinski definition) is 2. The summed E-state index contributed by atoms with van der Waals surface area (Å²) in [6.07, 6.45) is 1.55. The third-order valence-electron chi connectivity index (χ3n) is 3.01. The van der Waals surface area contributed by atoms with E-state index in [2.05, 4.69) is 15.5 Å². The van der Waals surface area contributed by atoms with Gasteiger partial charge in [0.15, 0.2) is 0 Å². The highest BCUT2D eigenvalue weighted by atomic mass is 16.1. The van der Waals surface area contributed by atoms with Crippen LogP contribution in [-0.4, -0.2) is 16.1 Å². The van der Waals surface area contributed by atoms with Crippen molar-refractivity contribution in [2.24, 2.45) is 0 Å². The third-order valence-corrected chi connectivity index (χ3v) is 3.01. The summed E-state index contributed by atoms with van der Waals surface area (Å²) in [5.74, 6) is -0.203. The van der Waals surface area contributed by atoms with E-state index >= 15 is 0 Å². The van der Waals surface area contributed by atoms with Crippen LogP contribution >= 0.6 is 0 Å². The van der Waals surface area contributed by atoms with E-state index in [1.54, 1.807) is 12.3 Å². The molecule has 0 radical (unpaired) electrons. The van der Waals surface area contributed by atoms with Crippen molar-refractivity contribution in [1.82, 2.24) is 10.2 Å². The normalized spacial score (nSPS) is 10.2. The zero-order chi connectivity index (χ0) is 13.8. The van der Waals surface area contributed by atoms with Crippen molar-refractivity contribution in [2.75, 3.05) is 5.32 Å². The first-order chi connectivity index (χ1) is 9.84. The fourth-order valence-electron chi connectivity index (χ4n) is 2.03. The second-order valence-corrected chi connectivity index (χ2v) is 4.34. The number of hydrogen-bond donors (Lipinski definition) is 2. The molecule has 4 nitrogen and oxygen atoms in total. The number of nitrogens with zero attached hydrogens (tertiary/aromatic N) is 1. The van der Waals surface area contributed by atoms with Crippen LogP contribution in [0.15, 0.2) is 66.9 Å². The number of rotatable bonds is 3. The van der Waals surface area contributed by atoms with Gasteiger partial charge in [-0.2, -0.15) is 5.10 Å². The van der Waals surface area contributed by atoms with Crippen LogP contribution in [0, 0.1) is 0 Å². The Morgan fingerprint density at radius 3 is 2.45 bits per heavy atom. The molecule has 0 aliphatic rings. The number of amides is 1. The number of para-hydroxylation sites is 1. The zero-order valence-electron chi connectivity index (χ0n) is 10.7. The smallest absolute Gasteiger partial charge is 0.273 e. The van der Waals surface area contributed by atoms with Gasteiger partial charge in [0.2, 0.25) is 0 Å². The summed E-state index contributed by atoms with van der Waals surface area (Å²) in [5, 5.41) is 9.34. The Morgan fingerprint density at radius 1 is 0.950 bits per heavy atom. The molecule has 4 heteroatoms. The topological polar surface area (TPSA) is 57.8 Å². The highest BCUT2D eigenvalue weighted by molar-refractivity contribution is 6.04. The van der Waals surface area contributed by atoms with Crippen LogP contribution in [0.2, 0.25) is 0 Å². The van der Waals surface area contributed by atoms with Crippen molar-refractivity contribution in [3.8, 4) is 11.1 Å². The minimum absolute atomic E-state index is 0.203. The van der Waals surface area contributed by atoms with Gasteiger partial charge in [-0.15, -0.1) is 0 Å². The largest absolute Gasteiger partial charge is 0.320 e. The number of carbonyl (C=O) groups excluding carboxylic acids is 1. The van der Waals surface area contributed by atoms with E-state index in [0.29, 0.717) is 5.69 Å². The van der Waals surface area contributed by atoms with E-state index in [1.165, 1.54) is 0 Å². The zero-order valence-corrected chi connectivity index (χ0v) is 10.7. The molecule has 20 heavy (non-hydrogen) atoms. The quantitative estimate of drug-likeness (QED) is 0.761. The maximum absolute atomic E-state index is 12.1. The van der Waals surface area contributed by atoms with Crippen LogP contribution in [0.5, 0.6) is 0 Å². The maximum Gasteiger partial charge on any atom is 0.273 e. The van der Waals surface area contributed by atoms with Crippen LogP contribution in [-0.2, 0) is 0 Å². The van der Waals surface area contributed by atoms with Gasteiger partial charge in [-0.25, -0.2) is 0 Å². The predicted molar refractivity (Wildman–Crippen MR) is 78.4 cm³/mol. The van der Waals surface area contributed by atoms with Crippen LogP contribution in [0.1, 0.15) is 10.5 Å². The highest BCUT2D eigenvalue weighted by Crippen LogP contribution is 2.27. The van der Waals surface area contributed by atoms with E-state index < -0.39 is 0 Å². The van der Waals surface area contributed by atoms with Crippen LogP contribution in [0.4, 0.5) is 5.69 Å². The monoisotopic (exact) mass is 263 g/mol. The lowest BCUT2D eigenvalue weighted by molar-refractivity contribution is 0.102. The highest BCUT2D eigenvalue weighted by Gasteiger charge is 2.10. The van der Waals surface area contributed by atoms with Gasteiger partial charge in [0, 0.05) is 17.4 Å². The molecule has 3 aromatic rings. The molecule has 0 saturated heterocycles. The van der Waals surface area contributed by atoms with Gasteiger partial charge in [0.25, 0.3) is 5.91 Å². The Bertz CT molecular complexity index is 706. The first kappa shape index (κ1) is 12.2. The van der Waals surface area contributed by atoms with Crippen molar-refractivity contribution in [3.05, 3.63) is 72.6 Å². The second-order valence-electron chi connectivity index (χ2n) is 4.34. The van der Waals surface area contributed by atoms with Crippen LogP contribution < -0.4 is 5.32 Å². The molecule has 1 amide bonds. The minimum atomic E-state index is -0.203. The number of nitrogens with one attached hydrogen (secondary N) is 2. The number of carbonyl (C=O) groups is 1. The van der Waals surface area contributed by atoms with Gasteiger partial charge in [-0.3, -0.25) is 9.89 Å². The van der Waals surface area contributed by atoms with Gasteiger partial charge in [-0.05, 0) is 17.7 Å². The lowest BCUT2D eigenvalue weighted by Gasteiger charge is -2.10. The summed E-state index contributed by atoms with van der Waals surface area (Å²) in [7, 11) is 0. The van der Waals surface area contributed by atoms with E-state index in [4.69, 9.17) is 0 Å². The summed E-state index contributed by atoms with van der Waals surface area (Å²) >= 11 is 0. The third kappa shape index (κ3) is 2.44.